The van der Waals surface area contributed by atoms with Crippen molar-refractivity contribution >= 4 is 35.2 Å². The summed E-state index contributed by atoms with van der Waals surface area (Å²) in [5.41, 5.74) is -0.522. The highest BCUT2D eigenvalue weighted by Gasteiger charge is 2.31. The van der Waals surface area contributed by atoms with E-state index in [1.807, 2.05) is 0 Å². The third kappa shape index (κ3) is 5.44. The Morgan fingerprint density at radius 3 is 2.16 bits per heavy atom. The number of carbonyl (C=O) groups is 2. The lowest BCUT2D eigenvalue weighted by molar-refractivity contribution is -0.384. The van der Waals surface area contributed by atoms with Crippen LogP contribution < -0.4 is 0 Å². The Bertz CT molecular complexity index is 1060. The van der Waals surface area contributed by atoms with Crippen LogP contribution in [-0.4, -0.2) is 52.7 Å². The Balaban J connectivity index is 1.57. The normalized spacial score (nSPS) is 14.6. The minimum absolute atomic E-state index is 0.00712. The average molecular weight is 468 g/mol. The van der Waals surface area contributed by atoms with Gasteiger partial charge in [-0.2, -0.15) is 13.2 Å². The number of halogens is 4. The molecule has 7 nitrogen and oxygen atoms in total. The highest BCUT2D eigenvalue weighted by atomic mass is 35.5. The monoisotopic (exact) mass is 467 g/mol. The number of benzene rings is 2. The zero-order valence-electron chi connectivity index (χ0n) is 16.5. The zero-order valence-corrected chi connectivity index (χ0v) is 17.3. The molecule has 2 amide bonds. The highest BCUT2D eigenvalue weighted by molar-refractivity contribution is 6.32. The van der Waals surface area contributed by atoms with Gasteiger partial charge in [-0.3, -0.25) is 19.7 Å². The average Bonchev–Trinajstić information content (AvgIpc) is 2.77. The number of carbonyl (C=O) groups excluding carboxylic acids is 2. The number of hydrogen-bond donors (Lipinski definition) is 0. The Morgan fingerprint density at radius 2 is 1.59 bits per heavy atom. The molecule has 0 aliphatic carbocycles. The maximum absolute atomic E-state index is 12.7. The fraction of sp³-hybridized carbons (Fsp3) is 0.238. The van der Waals surface area contributed by atoms with E-state index >= 15 is 0 Å². The van der Waals surface area contributed by atoms with Crippen LogP contribution >= 0.6 is 11.6 Å². The highest BCUT2D eigenvalue weighted by Crippen LogP contribution is 2.29. The van der Waals surface area contributed by atoms with Gasteiger partial charge in [-0.05, 0) is 42.0 Å². The molecule has 0 radical (unpaired) electrons. The maximum atomic E-state index is 12.7. The molecule has 0 bridgehead atoms. The number of nitro groups is 1. The van der Waals surface area contributed by atoms with Crippen LogP contribution in [0.2, 0.25) is 5.02 Å². The van der Waals surface area contributed by atoms with E-state index in [9.17, 15) is 32.9 Å². The summed E-state index contributed by atoms with van der Waals surface area (Å²) < 4.78 is 38.0. The number of alkyl halides is 3. The summed E-state index contributed by atoms with van der Waals surface area (Å²) in [6.45, 7) is 0.949. The molecule has 1 fully saturated rings. The topological polar surface area (TPSA) is 83.8 Å². The molecular formula is C21H17ClF3N3O4. The summed E-state index contributed by atoms with van der Waals surface area (Å²) in [6.07, 6.45) is -1.76. The van der Waals surface area contributed by atoms with Crippen molar-refractivity contribution in [2.75, 3.05) is 26.2 Å². The van der Waals surface area contributed by atoms with Crippen LogP contribution in [0.25, 0.3) is 6.08 Å². The molecule has 0 saturated carbocycles. The summed E-state index contributed by atoms with van der Waals surface area (Å²) in [5, 5.41) is 10.9. The molecule has 168 valence electrons. The number of nitro benzene ring substituents is 1. The summed E-state index contributed by atoms with van der Waals surface area (Å²) in [7, 11) is 0. The molecule has 0 spiro atoms. The Hall–Kier alpha value is -3.40. The van der Waals surface area contributed by atoms with Crippen LogP contribution in [0.1, 0.15) is 21.5 Å². The second-order valence-electron chi connectivity index (χ2n) is 6.99. The van der Waals surface area contributed by atoms with E-state index in [1.165, 1.54) is 34.1 Å². The second-order valence-corrected chi connectivity index (χ2v) is 7.40. The smallest absolute Gasteiger partial charge is 0.336 e. The molecule has 11 heteroatoms. The minimum atomic E-state index is -4.47. The van der Waals surface area contributed by atoms with Gasteiger partial charge < -0.3 is 9.80 Å². The molecule has 2 aromatic carbocycles. The predicted molar refractivity (Wildman–Crippen MR) is 111 cm³/mol. The molecule has 1 heterocycles. The van der Waals surface area contributed by atoms with E-state index in [0.29, 0.717) is 5.56 Å². The molecule has 2 aromatic rings. The summed E-state index contributed by atoms with van der Waals surface area (Å²) >= 11 is 5.76. The molecule has 1 aliphatic rings. The second kappa shape index (κ2) is 9.39. The fourth-order valence-corrected chi connectivity index (χ4v) is 3.35. The zero-order chi connectivity index (χ0) is 23.5. The number of nitrogens with zero attached hydrogens (tertiary/aromatic N) is 3. The van der Waals surface area contributed by atoms with Gasteiger partial charge in [-0.15, -0.1) is 0 Å². The number of amides is 2. The largest absolute Gasteiger partial charge is 0.416 e. The molecule has 0 unspecified atom stereocenters. The van der Waals surface area contributed by atoms with Crippen molar-refractivity contribution in [2.24, 2.45) is 0 Å². The summed E-state index contributed by atoms with van der Waals surface area (Å²) in [4.78, 5) is 38.2. The first kappa shape index (κ1) is 23.3. The molecular weight excluding hydrogens is 451 g/mol. The van der Waals surface area contributed by atoms with Crippen LogP contribution in [0, 0.1) is 10.1 Å². The van der Waals surface area contributed by atoms with Crippen molar-refractivity contribution in [3.63, 3.8) is 0 Å². The standard InChI is InChI=1S/C21H17ClF3N3O4/c22-17-7-1-14(13-18(17)28(31)32)2-8-19(29)26-9-11-27(12-10-26)20(30)15-3-5-16(6-4-15)21(23,24)25/h1-8,13H,9-12H2/b8-2+. The lowest BCUT2D eigenvalue weighted by Gasteiger charge is -2.34. The van der Waals surface area contributed by atoms with E-state index in [4.69, 9.17) is 11.6 Å². The summed E-state index contributed by atoms with van der Waals surface area (Å²) in [5.74, 6) is -0.737. The van der Waals surface area contributed by atoms with Gasteiger partial charge in [0.2, 0.25) is 5.91 Å². The van der Waals surface area contributed by atoms with E-state index in [0.717, 1.165) is 24.3 Å². The third-order valence-electron chi connectivity index (χ3n) is 4.92. The SMILES string of the molecule is O=C(/C=C/c1ccc(Cl)c([N+](=O)[O-])c1)N1CCN(C(=O)c2ccc(C(F)(F)F)cc2)CC1. The lowest BCUT2D eigenvalue weighted by Crippen LogP contribution is -2.50. The molecule has 0 atom stereocenters. The van der Waals surface area contributed by atoms with Gasteiger partial charge in [-0.1, -0.05) is 17.7 Å². The summed E-state index contributed by atoms with van der Waals surface area (Å²) in [6, 6.07) is 8.16. The van der Waals surface area contributed by atoms with Crippen molar-refractivity contribution < 1.29 is 27.7 Å². The van der Waals surface area contributed by atoms with E-state index < -0.39 is 22.6 Å². The molecule has 0 aromatic heterocycles. The van der Waals surface area contributed by atoms with Crippen LogP contribution in [0.15, 0.2) is 48.5 Å². The Morgan fingerprint density at radius 1 is 1.00 bits per heavy atom. The maximum Gasteiger partial charge on any atom is 0.416 e. The van der Waals surface area contributed by atoms with Gasteiger partial charge in [0.15, 0.2) is 0 Å². The van der Waals surface area contributed by atoms with Gasteiger partial charge in [0, 0.05) is 43.9 Å². The van der Waals surface area contributed by atoms with Gasteiger partial charge >= 0.3 is 6.18 Å². The van der Waals surface area contributed by atoms with Crippen molar-refractivity contribution in [3.05, 3.63) is 80.4 Å². The molecule has 1 saturated heterocycles. The first-order chi connectivity index (χ1) is 15.1. The van der Waals surface area contributed by atoms with Gasteiger partial charge in [0.05, 0.1) is 10.5 Å². The Kier molecular flexibility index (Phi) is 6.83. The number of hydrogen-bond acceptors (Lipinski definition) is 4. The van der Waals surface area contributed by atoms with Crippen LogP contribution in [-0.2, 0) is 11.0 Å². The van der Waals surface area contributed by atoms with Crippen molar-refractivity contribution in [1.29, 1.82) is 0 Å². The van der Waals surface area contributed by atoms with Crippen LogP contribution in [0.3, 0.4) is 0 Å². The van der Waals surface area contributed by atoms with Gasteiger partial charge in [0.25, 0.3) is 11.6 Å². The lowest BCUT2D eigenvalue weighted by atomic mass is 10.1. The first-order valence-electron chi connectivity index (χ1n) is 9.44. The van der Waals surface area contributed by atoms with Gasteiger partial charge in [0.1, 0.15) is 5.02 Å². The van der Waals surface area contributed by atoms with E-state index in [-0.39, 0.29) is 48.4 Å². The molecule has 32 heavy (non-hydrogen) atoms. The fourth-order valence-electron chi connectivity index (χ4n) is 3.16. The predicted octanol–water partition coefficient (Wildman–Crippen LogP) is 4.26. The molecule has 0 N–H and O–H groups in total. The van der Waals surface area contributed by atoms with Crippen molar-refractivity contribution in [3.8, 4) is 0 Å². The first-order valence-corrected chi connectivity index (χ1v) is 9.81. The Labute approximate surface area is 185 Å². The minimum Gasteiger partial charge on any atom is -0.336 e. The van der Waals surface area contributed by atoms with Crippen molar-refractivity contribution in [1.82, 2.24) is 9.80 Å². The van der Waals surface area contributed by atoms with Crippen LogP contribution in [0.4, 0.5) is 18.9 Å². The quantitative estimate of drug-likeness (QED) is 0.382. The number of piperazine rings is 1. The van der Waals surface area contributed by atoms with E-state index in [2.05, 4.69) is 0 Å². The number of rotatable bonds is 4. The van der Waals surface area contributed by atoms with E-state index in [1.54, 1.807) is 6.07 Å². The van der Waals surface area contributed by atoms with Crippen LogP contribution in [0.5, 0.6) is 0 Å². The molecule has 1 aliphatic heterocycles. The third-order valence-corrected chi connectivity index (χ3v) is 5.24. The molecule has 3 rings (SSSR count). The van der Waals surface area contributed by atoms with Crippen molar-refractivity contribution in [2.45, 2.75) is 6.18 Å². The van der Waals surface area contributed by atoms with Gasteiger partial charge in [-0.25, -0.2) is 0 Å².